The minimum absolute atomic E-state index is 0.0895. The van der Waals surface area contributed by atoms with E-state index in [1.807, 2.05) is 24.3 Å². The summed E-state index contributed by atoms with van der Waals surface area (Å²) in [7, 11) is 1.40. The van der Waals surface area contributed by atoms with Crippen LogP contribution >= 0.6 is 11.3 Å². The Hall–Kier alpha value is -2.80. The maximum Gasteiger partial charge on any atom is 0.341 e. The first kappa shape index (κ1) is 21.7. The molecule has 34 heavy (non-hydrogen) atoms. The number of benzene rings is 1. The summed E-state index contributed by atoms with van der Waals surface area (Å²) in [6, 6.07) is 7.86. The number of anilines is 1. The number of carbonyl (C=O) groups is 2. The van der Waals surface area contributed by atoms with E-state index in [1.165, 1.54) is 23.3 Å². The zero-order valence-electron chi connectivity index (χ0n) is 20.1. The van der Waals surface area contributed by atoms with Crippen LogP contribution in [0.2, 0.25) is 0 Å². The minimum Gasteiger partial charge on any atom is -0.465 e. The van der Waals surface area contributed by atoms with Gasteiger partial charge in [0.05, 0.1) is 40.5 Å². The van der Waals surface area contributed by atoms with Crippen molar-refractivity contribution in [1.82, 2.24) is 9.97 Å². The Morgan fingerprint density at radius 1 is 1.00 bits per heavy atom. The van der Waals surface area contributed by atoms with Gasteiger partial charge in [-0.15, -0.1) is 11.3 Å². The molecule has 1 fully saturated rings. The fraction of sp³-hybridized carbons (Fsp3) is 0.481. The highest BCUT2D eigenvalue weighted by atomic mass is 32.1. The second-order valence-electron chi connectivity index (χ2n) is 10.6. The maximum absolute atomic E-state index is 14.3. The van der Waals surface area contributed by atoms with Crippen LogP contribution in [-0.2, 0) is 33.2 Å². The lowest BCUT2D eigenvalue weighted by Gasteiger charge is -2.39. The summed E-state index contributed by atoms with van der Waals surface area (Å²) in [6.07, 6.45) is 5.52. The van der Waals surface area contributed by atoms with Crippen LogP contribution < -0.4 is 5.32 Å². The van der Waals surface area contributed by atoms with E-state index >= 15 is 0 Å². The average Bonchev–Trinajstić information content (AvgIpc) is 3.35. The van der Waals surface area contributed by atoms with Gasteiger partial charge in [-0.25, -0.2) is 14.8 Å². The molecule has 1 amide bonds. The quantitative estimate of drug-likeness (QED) is 0.518. The molecule has 3 aliphatic carbocycles. The molecule has 2 unspecified atom stereocenters. The first-order valence-electron chi connectivity index (χ1n) is 12.1. The molecule has 6 rings (SSSR count). The second-order valence-corrected chi connectivity index (χ2v) is 11.7. The van der Waals surface area contributed by atoms with Gasteiger partial charge < -0.3 is 10.1 Å². The number of carbonyl (C=O) groups excluding carboxylic acids is 2. The van der Waals surface area contributed by atoms with Gasteiger partial charge in [-0.1, -0.05) is 32.9 Å². The van der Waals surface area contributed by atoms with E-state index in [0.717, 1.165) is 60.1 Å². The fourth-order valence-corrected chi connectivity index (χ4v) is 8.00. The van der Waals surface area contributed by atoms with E-state index in [-0.39, 0.29) is 22.7 Å². The summed E-state index contributed by atoms with van der Waals surface area (Å²) in [5.41, 5.74) is 3.54. The maximum atomic E-state index is 14.3. The molecule has 1 N–H and O–H groups in total. The molecule has 2 bridgehead atoms. The summed E-state index contributed by atoms with van der Waals surface area (Å²) in [4.78, 5) is 38.3. The average molecular weight is 476 g/mol. The Labute approximate surface area is 203 Å². The number of methoxy groups -OCH3 is 1. The van der Waals surface area contributed by atoms with Crippen molar-refractivity contribution in [2.45, 2.75) is 70.1 Å². The van der Waals surface area contributed by atoms with Crippen LogP contribution in [0.15, 0.2) is 24.3 Å². The number of nitrogens with one attached hydrogen (secondary N) is 1. The molecule has 0 saturated heterocycles. The van der Waals surface area contributed by atoms with E-state index in [1.54, 1.807) is 0 Å². The van der Waals surface area contributed by atoms with Gasteiger partial charge in [-0.2, -0.15) is 0 Å². The number of rotatable bonds is 3. The number of aryl methyl sites for hydroxylation is 1. The summed E-state index contributed by atoms with van der Waals surface area (Å²) in [6.45, 7) is 6.57. The SMILES string of the molecule is COC(=O)c1c(NC(=O)C23CCC(C)(c4nc5ccccc5nc42)C3(C)C)sc2c1CCCC2. The van der Waals surface area contributed by atoms with Crippen LogP contribution in [0.5, 0.6) is 0 Å². The van der Waals surface area contributed by atoms with Crippen molar-refractivity contribution in [3.05, 3.63) is 51.7 Å². The molecule has 176 valence electrons. The standard InChI is InChI=1S/C27H29N3O3S/c1-25(2)26(3)13-14-27(25,21-20(26)28-16-10-6-7-11-17(16)29-21)24(32)30-22-19(23(31)33-4)15-9-5-8-12-18(15)34-22/h6-7,10-11H,5,8-9,12-14H2,1-4H3,(H,30,32). The second kappa shape index (κ2) is 7.11. The third-order valence-electron chi connectivity index (χ3n) is 9.12. The highest BCUT2D eigenvalue weighted by molar-refractivity contribution is 7.17. The Morgan fingerprint density at radius 3 is 2.38 bits per heavy atom. The zero-order valence-corrected chi connectivity index (χ0v) is 20.9. The lowest BCUT2D eigenvalue weighted by Crippen LogP contribution is -2.48. The van der Waals surface area contributed by atoms with Crippen LogP contribution in [-0.4, -0.2) is 29.0 Å². The van der Waals surface area contributed by atoms with E-state index in [4.69, 9.17) is 14.7 Å². The van der Waals surface area contributed by atoms with E-state index in [0.29, 0.717) is 17.0 Å². The van der Waals surface area contributed by atoms with Gasteiger partial charge in [0.25, 0.3) is 0 Å². The Kier molecular flexibility index (Phi) is 4.54. The molecule has 0 spiro atoms. The van der Waals surface area contributed by atoms with Crippen LogP contribution in [0, 0.1) is 5.41 Å². The third kappa shape index (κ3) is 2.51. The monoisotopic (exact) mass is 475 g/mol. The number of hydrogen-bond donors (Lipinski definition) is 1. The van der Waals surface area contributed by atoms with Gasteiger partial charge in [0.15, 0.2) is 0 Å². The Morgan fingerprint density at radius 2 is 1.68 bits per heavy atom. The van der Waals surface area contributed by atoms with Crippen LogP contribution in [0.4, 0.5) is 5.00 Å². The minimum atomic E-state index is -0.813. The number of aromatic nitrogens is 2. The molecular formula is C27H29N3O3S. The number of para-hydroxylation sites is 2. The van der Waals surface area contributed by atoms with Crippen LogP contribution in [0.3, 0.4) is 0 Å². The number of nitrogens with zero attached hydrogens (tertiary/aromatic N) is 2. The van der Waals surface area contributed by atoms with Gasteiger partial charge in [0, 0.05) is 10.3 Å². The number of ether oxygens (including phenoxy) is 1. The lowest BCUT2D eigenvalue weighted by molar-refractivity contribution is -0.125. The number of hydrogen-bond acceptors (Lipinski definition) is 6. The van der Waals surface area contributed by atoms with E-state index < -0.39 is 5.41 Å². The summed E-state index contributed by atoms with van der Waals surface area (Å²) >= 11 is 1.53. The number of thiophene rings is 1. The molecule has 0 radical (unpaired) electrons. The van der Waals surface area contributed by atoms with Crippen molar-refractivity contribution >= 4 is 39.2 Å². The predicted octanol–water partition coefficient (Wildman–Crippen LogP) is 5.32. The molecule has 7 heteroatoms. The number of esters is 1. The van der Waals surface area contributed by atoms with Gasteiger partial charge in [-0.3, -0.25) is 4.79 Å². The zero-order chi connectivity index (χ0) is 23.9. The normalized spacial score (nSPS) is 26.2. The molecule has 2 aromatic heterocycles. The number of amides is 1. The largest absolute Gasteiger partial charge is 0.465 e. The van der Waals surface area contributed by atoms with Gasteiger partial charge in [0.2, 0.25) is 5.91 Å². The Bertz CT molecular complexity index is 1380. The third-order valence-corrected chi connectivity index (χ3v) is 10.3. The van der Waals surface area contributed by atoms with Crippen molar-refractivity contribution in [2.24, 2.45) is 5.41 Å². The molecular weight excluding hydrogens is 446 g/mol. The summed E-state index contributed by atoms with van der Waals surface area (Å²) < 4.78 is 5.12. The Balaban J connectivity index is 1.50. The van der Waals surface area contributed by atoms with E-state index in [2.05, 4.69) is 26.1 Å². The van der Waals surface area contributed by atoms with Crippen molar-refractivity contribution in [3.8, 4) is 0 Å². The number of fused-ring (bicyclic) bond motifs is 7. The first-order chi connectivity index (χ1) is 16.2. The van der Waals surface area contributed by atoms with E-state index in [9.17, 15) is 9.59 Å². The molecule has 2 atom stereocenters. The van der Waals surface area contributed by atoms with Gasteiger partial charge >= 0.3 is 5.97 Å². The molecule has 3 aromatic rings. The van der Waals surface area contributed by atoms with Gasteiger partial charge in [0.1, 0.15) is 5.00 Å². The highest BCUT2D eigenvalue weighted by Gasteiger charge is 2.73. The summed E-state index contributed by atoms with van der Waals surface area (Å²) in [5.74, 6) is -0.464. The molecule has 2 heterocycles. The lowest BCUT2D eigenvalue weighted by atomic mass is 9.63. The first-order valence-corrected chi connectivity index (χ1v) is 12.9. The van der Waals surface area contributed by atoms with Crippen molar-refractivity contribution < 1.29 is 14.3 Å². The summed E-state index contributed by atoms with van der Waals surface area (Å²) in [5, 5.41) is 3.83. The topological polar surface area (TPSA) is 81.2 Å². The van der Waals surface area contributed by atoms with Crippen LogP contribution in [0.25, 0.3) is 11.0 Å². The molecule has 6 nitrogen and oxygen atoms in total. The van der Waals surface area contributed by atoms with Crippen molar-refractivity contribution in [3.63, 3.8) is 0 Å². The predicted molar refractivity (Wildman–Crippen MR) is 133 cm³/mol. The van der Waals surface area contributed by atoms with Crippen molar-refractivity contribution in [2.75, 3.05) is 12.4 Å². The van der Waals surface area contributed by atoms with Crippen molar-refractivity contribution in [1.29, 1.82) is 0 Å². The molecule has 3 aliphatic rings. The molecule has 0 aliphatic heterocycles. The van der Waals surface area contributed by atoms with Crippen LogP contribution in [0.1, 0.15) is 78.6 Å². The molecule has 1 aromatic carbocycles. The molecule has 1 saturated carbocycles. The fourth-order valence-electron chi connectivity index (χ4n) is 6.73. The van der Waals surface area contributed by atoms with Gasteiger partial charge in [-0.05, 0) is 61.6 Å². The highest BCUT2D eigenvalue weighted by Crippen LogP contribution is 2.70. The smallest absolute Gasteiger partial charge is 0.341 e.